The first-order chi connectivity index (χ1) is 9.16. The summed E-state index contributed by atoms with van der Waals surface area (Å²) < 4.78 is 12.7. The normalized spacial score (nSPS) is 20.8. The van der Waals surface area contributed by atoms with Crippen LogP contribution in [-0.2, 0) is 4.79 Å². The molecule has 0 aliphatic carbocycles. The van der Waals surface area contributed by atoms with Crippen molar-refractivity contribution < 1.29 is 14.3 Å². The number of hydrogen-bond acceptors (Lipinski definition) is 3. The van der Waals surface area contributed by atoms with E-state index in [4.69, 9.17) is 0 Å². The van der Waals surface area contributed by atoms with Gasteiger partial charge < -0.3 is 15.7 Å². The van der Waals surface area contributed by atoms with Crippen molar-refractivity contribution in [1.82, 2.24) is 10.6 Å². The number of aliphatic hydroxyl groups is 1. The highest BCUT2D eigenvalue weighted by Gasteiger charge is 2.20. The maximum Gasteiger partial charge on any atom is 0.237 e. The van der Waals surface area contributed by atoms with Crippen LogP contribution >= 0.6 is 0 Å². The summed E-state index contributed by atoms with van der Waals surface area (Å²) in [7, 11) is 0. The number of benzene rings is 1. The average Bonchev–Trinajstić information content (AvgIpc) is 2.46. The third-order valence-electron chi connectivity index (χ3n) is 3.35. The molecule has 3 N–H and O–H groups in total. The highest BCUT2D eigenvalue weighted by atomic mass is 19.1. The quantitative estimate of drug-likeness (QED) is 0.765. The molecule has 104 valence electrons. The molecular weight excluding hydrogens is 247 g/mol. The van der Waals surface area contributed by atoms with Crippen LogP contribution in [0.1, 0.15) is 30.9 Å². The Labute approximate surface area is 112 Å². The van der Waals surface area contributed by atoms with E-state index in [0.29, 0.717) is 5.56 Å². The molecular formula is C14H19FN2O2. The van der Waals surface area contributed by atoms with Crippen LogP contribution in [-0.4, -0.2) is 30.1 Å². The van der Waals surface area contributed by atoms with E-state index in [0.717, 1.165) is 25.8 Å². The van der Waals surface area contributed by atoms with Crippen LogP contribution < -0.4 is 10.6 Å². The van der Waals surface area contributed by atoms with Crippen LogP contribution in [0.25, 0.3) is 0 Å². The summed E-state index contributed by atoms with van der Waals surface area (Å²) in [5.74, 6) is -0.424. The second kappa shape index (κ2) is 6.63. The molecule has 2 rings (SSSR count). The minimum Gasteiger partial charge on any atom is -0.387 e. The van der Waals surface area contributed by atoms with Gasteiger partial charge in [0.15, 0.2) is 0 Å². The zero-order valence-corrected chi connectivity index (χ0v) is 10.7. The highest BCUT2D eigenvalue weighted by Crippen LogP contribution is 2.13. The minimum absolute atomic E-state index is 0.0825. The van der Waals surface area contributed by atoms with Crippen LogP contribution in [0.15, 0.2) is 24.3 Å². The number of carbonyl (C=O) groups excluding carboxylic acids is 1. The SMILES string of the molecule is O=C(NCC(O)c1ccc(F)cc1)C1CCCCN1. The highest BCUT2D eigenvalue weighted by molar-refractivity contribution is 5.81. The molecule has 5 heteroatoms. The van der Waals surface area contributed by atoms with Crippen LogP contribution in [0.2, 0.25) is 0 Å². The Kier molecular flexibility index (Phi) is 4.87. The molecule has 1 aromatic rings. The summed E-state index contributed by atoms with van der Waals surface area (Å²) in [6.07, 6.45) is 2.17. The zero-order valence-electron chi connectivity index (χ0n) is 10.7. The molecule has 1 heterocycles. The van der Waals surface area contributed by atoms with Crippen molar-refractivity contribution in [3.63, 3.8) is 0 Å². The first-order valence-corrected chi connectivity index (χ1v) is 6.61. The van der Waals surface area contributed by atoms with Crippen molar-refractivity contribution in [3.05, 3.63) is 35.6 Å². The predicted octanol–water partition coefficient (Wildman–Crippen LogP) is 1.12. The number of carbonyl (C=O) groups is 1. The third-order valence-corrected chi connectivity index (χ3v) is 3.35. The van der Waals surface area contributed by atoms with Gasteiger partial charge in [-0.05, 0) is 37.1 Å². The topological polar surface area (TPSA) is 61.4 Å². The standard InChI is InChI=1S/C14H19FN2O2/c15-11-6-4-10(5-7-11)13(18)9-17-14(19)12-3-1-2-8-16-12/h4-7,12-13,16,18H,1-3,8-9H2,(H,17,19). The summed E-state index contributed by atoms with van der Waals surface area (Å²) in [4.78, 5) is 11.8. The summed E-state index contributed by atoms with van der Waals surface area (Å²) in [6.45, 7) is 1.00. The monoisotopic (exact) mass is 266 g/mol. The second-order valence-corrected chi connectivity index (χ2v) is 4.81. The Bertz CT molecular complexity index is 416. The molecule has 4 nitrogen and oxygen atoms in total. The van der Waals surface area contributed by atoms with Gasteiger partial charge in [-0.1, -0.05) is 18.6 Å². The number of hydrogen-bond donors (Lipinski definition) is 3. The molecule has 1 saturated heterocycles. The molecule has 2 unspecified atom stereocenters. The van der Waals surface area contributed by atoms with Gasteiger partial charge in [0.1, 0.15) is 5.82 Å². The number of aliphatic hydroxyl groups excluding tert-OH is 1. The van der Waals surface area contributed by atoms with Gasteiger partial charge in [0.05, 0.1) is 12.1 Å². The van der Waals surface area contributed by atoms with Gasteiger partial charge in [-0.25, -0.2) is 4.39 Å². The molecule has 0 spiro atoms. The number of piperidine rings is 1. The smallest absolute Gasteiger partial charge is 0.237 e. The molecule has 1 fully saturated rings. The fourth-order valence-electron chi connectivity index (χ4n) is 2.20. The van der Waals surface area contributed by atoms with Crippen molar-refractivity contribution in [2.24, 2.45) is 0 Å². The van der Waals surface area contributed by atoms with Gasteiger partial charge >= 0.3 is 0 Å². The van der Waals surface area contributed by atoms with E-state index < -0.39 is 6.10 Å². The summed E-state index contributed by atoms with van der Waals surface area (Å²) >= 11 is 0. The Hall–Kier alpha value is -1.46. The second-order valence-electron chi connectivity index (χ2n) is 4.81. The summed E-state index contributed by atoms with van der Waals surface area (Å²) in [5, 5.41) is 15.8. The average molecular weight is 266 g/mol. The molecule has 0 bridgehead atoms. The minimum atomic E-state index is -0.812. The lowest BCUT2D eigenvalue weighted by atomic mass is 10.0. The fourth-order valence-corrected chi connectivity index (χ4v) is 2.20. The molecule has 1 aliphatic heterocycles. The summed E-state index contributed by atoms with van der Waals surface area (Å²) in [5.41, 5.74) is 0.596. The Morgan fingerprint density at radius 3 is 2.79 bits per heavy atom. The molecule has 0 aromatic heterocycles. The third kappa shape index (κ3) is 4.01. The molecule has 1 aromatic carbocycles. The maximum atomic E-state index is 12.7. The van der Waals surface area contributed by atoms with E-state index in [1.807, 2.05) is 0 Å². The Morgan fingerprint density at radius 2 is 2.16 bits per heavy atom. The number of amides is 1. The Balaban J connectivity index is 1.80. The maximum absolute atomic E-state index is 12.7. The van der Waals surface area contributed by atoms with Crippen molar-refractivity contribution in [3.8, 4) is 0 Å². The van der Waals surface area contributed by atoms with Crippen molar-refractivity contribution in [2.75, 3.05) is 13.1 Å². The van der Waals surface area contributed by atoms with Crippen LogP contribution in [0.3, 0.4) is 0 Å². The lowest BCUT2D eigenvalue weighted by molar-refractivity contribution is -0.124. The first-order valence-electron chi connectivity index (χ1n) is 6.61. The fraction of sp³-hybridized carbons (Fsp3) is 0.500. The van der Waals surface area contributed by atoms with E-state index in [-0.39, 0.29) is 24.3 Å². The van der Waals surface area contributed by atoms with Crippen LogP contribution in [0.4, 0.5) is 4.39 Å². The lowest BCUT2D eigenvalue weighted by Gasteiger charge is -2.23. The van der Waals surface area contributed by atoms with Gasteiger partial charge in [0.25, 0.3) is 0 Å². The van der Waals surface area contributed by atoms with Gasteiger partial charge in [-0.15, -0.1) is 0 Å². The van der Waals surface area contributed by atoms with Gasteiger partial charge in [0, 0.05) is 6.54 Å². The molecule has 0 radical (unpaired) electrons. The first kappa shape index (κ1) is 14.0. The van der Waals surface area contributed by atoms with Crippen molar-refractivity contribution in [1.29, 1.82) is 0 Å². The van der Waals surface area contributed by atoms with Crippen LogP contribution in [0.5, 0.6) is 0 Å². The van der Waals surface area contributed by atoms with E-state index in [1.165, 1.54) is 24.3 Å². The van der Waals surface area contributed by atoms with E-state index in [1.54, 1.807) is 0 Å². The molecule has 1 aliphatic rings. The molecule has 0 saturated carbocycles. The number of nitrogens with one attached hydrogen (secondary N) is 2. The lowest BCUT2D eigenvalue weighted by Crippen LogP contribution is -2.47. The number of halogens is 1. The number of rotatable bonds is 4. The Morgan fingerprint density at radius 1 is 1.42 bits per heavy atom. The predicted molar refractivity (Wildman–Crippen MR) is 70.0 cm³/mol. The van der Waals surface area contributed by atoms with E-state index in [9.17, 15) is 14.3 Å². The van der Waals surface area contributed by atoms with E-state index >= 15 is 0 Å². The largest absolute Gasteiger partial charge is 0.387 e. The van der Waals surface area contributed by atoms with Crippen molar-refractivity contribution in [2.45, 2.75) is 31.4 Å². The molecule has 1 amide bonds. The van der Waals surface area contributed by atoms with Gasteiger partial charge in [-0.3, -0.25) is 4.79 Å². The van der Waals surface area contributed by atoms with Gasteiger partial charge in [-0.2, -0.15) is 0 Å². The molecule has 19 heavy (non-hydrogen) atoms. The van der Waals surface area contributed by atoms with Crippen LogP contribution in [0, 0.1) is 5.82 Å². The van der Waals surface area contributed by atoms with Gasteiger partial charge in [0.2, 0.25) is 5.91 Å². The summed E-state index contributed by atoms with van der Waals surface area (Å²) in [6, 6.07) is 5.47. The zero-order chi connectivity index (χ0) is 13.7. The van der Waals surface area contributed by atoms with E-state index in [2.05, 4.69) is 10.6 Å². The molecule has 2 atom stereocenters. The van der Waals surface area contributed by atoms with Crippen molar-refractivity contribution >= 4 is 5.91 Å².